The largest absolute Gasteiger partial charge is 0.496 e. The van der Waals surface area contributed by atoms with Gasteiger partial charge in [-0.1, -0.05) is 0 Å². The van der Waals surface area contributed by atoms with Crippen molar-refractivity contribution in [2.75, 3.05) is 38.7 Å². The number of anilines is 1. The zero-order chi connectivity index (χ0) is 16.8. The lowest BCUT2D eigenvalue weighted by atomic mass is 10.1. The lowest BCUT2D eigenvalue weighted by Crippen LogP contribution is -2.44. The summed E-state index contributed by atoms with van der Waals surface area (Å²) in [6, 6.07) is 8.30. The zero-order valence-electron chi connectivity index (χ0n) is 13.6. The number of nitrogens with one attached hydrogen (secondary N) is 1. The average Bonchev–Trinajstić information content (AvgIpc) is 2.61. The number of benzene rings is 1. The molecule has 0 aliphatic carbocycles. The van der Waals surface area contributed by atoms with E-state index in [9.17, 15) is 4.39 Å². The van der Waals surface area contributed by atoms with Gasteiger partial charge in [-0.05, 0) is 30.3 Å². The molecule has 1 saturated heterocycles. The summed E-state index contributed by atoms with van der Waals surface area (Å²) < 4.78 is 24.6. The number of hydrogen-bond donors (Lipinski definition) is 1. The SMILES string of the molecule is COc1ccc(F)cc1CN1CCOC(CNc2cccnn2)C1. The molecule has 6 nitrogen and oxygen atoms in total. The topological polar surface area (TPSA) is 59.5 Å². The predicted octanol–water partition coefficient (Wildman–Crippen LogP) is 1.94. The highest BCUT2D eigenvalue weighted by atomic mass is 19.1. The van der Waals surface area contributed by atoms with Crippen molar-refractivity contribution in [3.05, 3.63) is 47.9 Å². The van der Waals surface area contributed by atoms with E-state index in [2.05, 4.69) is 20.4 Å². The zero-order valence-corrected chi connectivity index (χ0v) is 13.6. The Morgan fingerprint density at radius 1 is 1.42 bits per heavy atom. The van der Waals surface area contributed by atoms with Gasteiger partial charge >= 0.3 is 0 Å². The van der Waals surface area contributed by atoms with E-state index < -0.39 is 0 Å². The van der Waals surface area contributed by atoms with Gasteiger partial charge in [0.2, 0.25) is 0 Å². The van der Waals surface area contributed by atoms with Crippen LogP contribution in [0, 0.1) is 5.82 Å². The van der Waals surface area contributed by atoms with Gasteiger partial charge in [-0.15, -0.1) is 5.10 Å². The van der Waals surface area contributed by atoms with E-state index in [4.69, 9.17) is 9.47 Å². The molecule has 24 heavy (non-hydrogen) atoms. The highest BCUT2D eigenvalue weighted by molar-refractivity contribution is 5.34. The number of rotatable bonds is 6. The van der Waals surface area contributed by atoms with Crippen LogP contribution in [0.25, 0.3) is 0 Å². The summed E-state index contributed by atoms with van der Waals surface area (Å²) in [5, 5.41) is 11.0. The van der Waals surface area contributed by atoms with E-state index in [0.717, 1.165) is 24.5 Å². The molecule has 1 aliphatic rings. The summed E-state index contributed by atoms with van der Waals surface area (Å²) in [6.45, 7) is 3.49. The molecule has 3 rings (SSSR count). The molecule has 0 spiro atoms. The highest BCUT2D eigenvalue weighted by Crippen LogP contribution is 2.22. The van der Waals surface area contributed by atoms with Gasteiger partial charge in [0.05, 0.1) is 19.8 Å². The van der Waals surface area contributed by atoms with Crippen LogP contribution in [-0.2, 0) is 11.3 Å². The molecule has 2 aromatic rings. The molecule has 0 amide bonds. The van der Waals surface area contributed by atoms with Crippen molar-refractivity contribution >= 4 is 5.82 Å². The van der Waals surface area contributed by atoms with Gasteiger partial charge in [0.1, 0.15) is 17.4 Å². The highest BCUT2D eigenvalue weighted by Gasteiger charge is 2.21. The number of morpholine rings is 1. The number of halogens is 1. The molecule has 0 radical (unpaired) electrons. The Bertz CT molecular complexity index is 656. The Morgan fingerprint density at radius 3 is 3.12 bits per heavy atom. The molecule has 0 bridgehead atoms. The minimum absolute atomic E-state index is 0.0420. The maximum absolute atomic E-state index is 13.5. The molecule has 0 saturated carbocycles. The first kappa shape index (κ1) is 16.6. The van der Waals surface area contributed by atoms with E-state index in [0.29, 0.717) is 25.4 Å². The van der Waals surface area contributed by atoms with E-state index >= 15 is 0 Å². The molecule has 128 valence electrons. The van der Waals surface area contributed by atoms with E-state index in [1.807, 2.05) is 12.1 Å². The molecule has 1 N–H and O–H groups in total. The van der Waals surface area contributed by atoms with Gasteiger partial charge in [0.25, 0.3) is 0 Å². The van der Waals surface area contributed by atoms with Crippen molar-refractivity contribution in [3.8, 4) is 5.75 Å². The molecule has 1 unspecified atom stereocenters. The Kier molecular flexibility index (Phi) is 5.55. The van der Waals surface area contributed by atoms with Gasteiger partial charge in [0.15, 0.2) is 0 Å². The number of methoxy groups -OCH3 is 1. The maximum Gasteiger partial charge on any atom is 0.148 e. The van der Waals surface area contributed by atoms with Gasteiger partial charge < -0.3 is 14.8 Å². The number of hydrogen-bond acceptors (Lipinski definition) is 6. The first-order valence-corrected chi connectivity index (χ1v) is 7.92. The van der Waals surface area contributed by atoms with Crippen LogP contribution in [0.3, 0.4) is 0 Å². The molecule has 2 heterocycles. The molecule has 1 fully saturated rings. The molecular weight excluding hydrogens is 311 g/mol. The quantitative estimate of drug-likeness (QED) is 0.872. The fourth-order valence-electron chi connectivity index (χ4n) is 2.77. The van der Waals surface area contributed by atoms with Crippen LogP contribution in [0.5, 0.6) is 5.75 Å². The second kappa shape index (κ2) is 8.03. The third-order valence-corrected chi connectivity index (χ3v) is 3.94. The third kappa shape index (κ3) is 4.39. The summed E-state index contributed by atoms with van der Waals surface area (Å²) in [7, 11) is 1.60. The fraction of sp³-hybridized carbons (Fsp3) is 0.412. The van der Waals surface area contributed by atoms with E-state index in [1.165, 1.54) is 12.1 Å². The summed E-state index contributed by atoms with van der Waals surface area (Å²) in [5.74, 6) is 1.18. The lowest BCUT2D eigenvalue weighted by molar-refractivity contribution is -0.0242. The Hall–Kier alpha value is -2.25. The van der Waals surface area contributed by atoms with Crippen LogP contribution in [0.4, 0.5) is 10.2 Å². The molecule has 1 aliphatic heterocycles. The lowest BCUT2D eigenvalue weighted by Gasteiger charge is -2.33. The van der Waals surface area contributed by atoms with Crippen LogP contribution in [-0.4, -0.2) is 54.6 Å². The van der Waals surface area contributed by atoms with Crippen LogP contribution < -0.4 is 10.1 Å². The number of ether oxygens (including phenoxy) is 2. The molecule has 1 atom stereocenters. The van der Waals surface area contributed by atoms with Crippen LogP contribution in [0.1, 0.15) is 5.56 Å². The van der Waals surface area contributed by atoms with E-state index in [1.54, 1.807) is 19.4 Å². The summed E-state index contributed by atoms with van der Waals surface area (Å²) >= 11 is 0. The molecular formula is C17H21FN4O2. The first-order chi connectivity index (χ1) is 11.7. The maximum atomic E-state index is 13.5. The van der Waals surface area contributed by atoms with Crippen molar-refractivity contribution in [1.29, 1.82) is 0 Å². The number of aromatic nitrogens is 2. The average molecular weight is 332 g/mol. The monoisotopic (exact) mass is 332 g/mol. The first-order valence-electron chi connectivity index (χ1n) is 7.92. The smallest absolute Gasteiger partial charge is 0.148 e. The predicted molar refractivity (Wildman–Crippen MR) is 88.5 cm³/mol. The van der Waals surface area contributed by atoms with Crippen molar-refractivity contribution in [3.63, 3.8) is 0 Å². The fourth-order valence-corrected chi connectivity index (χ4v) is 2.77. The molecule has 1 aromatic heterocycles. The summed E-state index contributed by atoms with van der Waals surface area (Å²) in [4.78, 5) is 2.24. The minimum atomic E-state index is -0.250. The Balaban J connectivity index is 1.56. The van der Waals surface area contributed by atoms with Crippen molar-refractivity contribution < 1.29 is 13.9 Å². The van der Waals surface area contributed by atoms with Crippen molar-refractivity contribution in [2.45, 2.75) is 12.6 Å². The van der Waals surface area contributed by atoms with Crippen LogP contribution in [0.2, 0.25) is 0 Å². The standard InChI is InChI=1S/C17H21FN4O2/c1-23-16-5-4-14(18)9-13(16)11-22-7-8-24-15(12-22)10-19-17-3-2-6-20-21-17/h2-6,9,15H,7-8,10-12H2,1H3,(H,19,21). The van der Waals surface area contributed by atoms with Crippen molar-refractivity contribution in [2.24, 2.45) is 0 Å². The minimum Gasteiger partial charge on any atom is -0.496 e. The summed E-state index contributed by atoms with van der Waals surface area (Å²) in [6.07, 6.45) is 1.68. The second-order valence-corrected chi connectivity index (χ2v) is 5.67. The van der Waals surface area contributed by atoms with Crippen molar-refractivity contribution in [1.82, 2.24) is 15.1 Å². The van der Waals surface area contributed by atoms with E-state index in [-0.39, 0.29) is 11.9 Å². The molecule has 1 aromatic carbocycles. The van der Waals surface area contributed by atoms with Gasteiger partial charge in [-0.3, -0.25) is 4.90 Å². The summed E-state index contributed by atoms with van der Waals surface area (Å²) in [5.41, 5.74) is 0.847. The normalized spacial score (nSPS) is 18.3. The second-order valence-electron chi connectivity index (χ2n) is 5.67. The van der Waals surface area contributed by atoms with Crippen LogP contribution >= 0.6 is 0 Å². The van der Waals surface area contributed by atoms with Gasteiger partial charge in [-0.2, -0.15) is 5.10 Å². The number of nitrogens with zero attached hydrogens (tertiary/aromatic N) is 3. The third-order valence-electron chi connectivity index (χ3n) is 3.94. The van der Waals surface area contributed by atoms with Gasteiger partial charge in [0, 0.05) is 37.9 Å². The Labute approximate surface area is 140 Å². The van der Waals surface area contributed by atoms with Crippen LogP contribution in [0.15, 0.2) is 36.5 Å². The Morgan fingerprint density at radius 2 is 2.33 bits per heavy atom. The molecule has 7 heteroatoms. The van der Waals surface area contributed by atoms with Gasteiger partial charge in [-0.25, -0.2) is 4.39 Å².